The van der Waals surface area contributed by atoms with Crippen molar-refractivity contribution in [2.24, 2.45) is 5.92 Å². The minimum atomic E-state index is -0.859. The van der Waals surface area contributed by atoms with E-state index < -0.39 is 24.6 Å². The largest absolute Gasteiger partial charge is 0.394 e. The summed E-state index contributed by atoms with van der Waals surface area (Å²) in [5.74, 6) is -0.365. The molecular weight excluding hydrogens is 176 g/mol. The second-order valence-corrected chi connectivity index (χ2v) is 3.30. The highest BCUT2D eigenvalue weighted by Crippen LogP contribution is 2.25. The maximum absolute atomic E-state index is 9.53. The maximum Gasteiger partial charge on any atom is 0.183 e. The molecule has 1 rings (SSSR count). The van der Waals surface area contributed by atoms with Crippen molar-refractivity contribution in [3.63, 3.8) is 0 Å². The number of hydrogen-bond donors (Lipinski definition) is 3. The molecule has 0 aliphatic carbocycles. The number of ether oxygens (including phenoxy) is 2. The van der Waals surface area contributed by atoms with E-state index in [2.05, 4.69) is 0 Å². The topological polar surface area (TPSA) is 79.2 Å². The van der Waals surface area contributed by atoms with Crippen LogP contribution in [0.4, 0.5) is 0 Å². The zero-order chi connectivity index (χ0) is 10.0. The van der Waals surface area contributed by atoms with Gasteiger partial charge in [0.25, 0.3) is 0 Å². The van der Waals surface area contributed by atoms with Crippen LogP contribution in [0.1, 0.15) is 6.92 Å². The van der Waals surface area contributed by atoms with Crippen molar-refractivity contribution in [3.8, 4) is 0 Å². The number of rotatable bonds is 2. The van der Waals surface area contributed by atoms with Crippen molar-refractivity contribution in [1.82, 2.24) is 0 Å². The van der Waals surface area contributed by atoms with Gasteiger partial charge in [0.1, 0.15) is 12.2 Å². The lowest BCUT2D eigenvalue weighted by Crippen LogP contribution is -2.54. The highest BCUT2D eigenvalue weighted by Gasteiger charge is 2.41. The quantitative estimate of drug-likeness (QED) is 0.507. The van der Waals surface area contributed by atoms with Crippen LogP contribution in [0.5, 0.6) is 0 Å². The van der Waals surface area contributed by atoms with E-state index >= 15 is 0 Å². The van der Waals surface area contributed by atoms with Gasteiger partial charge in [0, 0.05) is 13.0 Å². The average molecular weight is 192 g/mol. The highest BCUT2D eigenvalue weighted by atomic mass is 16.7. The van der Waals surface area contributed by atoms with Crippen molar-refractivity contribution < 1.29 is 24.8 Å². The van der Waals surface area contributed by atoms with Gasteiger partial charge in [0.15, 0.2) is 6.29 Å². The fraction of sp³-hybridized carbons (Fsp3) is 1.00. The molecule has 1 heterocycles. The van der Waals surface area contributed by atoms with E-state index in [1.54, 1.807) is 6.92 Å². The van der Waals surface area contributed by atoms with Crippen LogP contribution in [0, 0.1) is 5.92 Å². The van der Waals surface area contributed by atoms with Gasteiger partial charge >= 0.3 is 0 Å². The van der Waals surface area contributed by atoms with Crippen molar-refractivity contribution in [3.05, 3.63) is 0 Å². The molecule has 5 atom stereocenters. The lowest BCUT2D eigenvalue weighted by molar-refractivity contribution is -0.280. The van der Waals surface area contributed by atoms with Crippen LogP contribution in [0.25, 0.3) is 0 Å². The normalized spacial score (nSPS) is 46.4. The van der Waals surface area contributed by atoms with Gasteiger partial charge in [-0.15, -0.1) is 0 Å². The minimum Gasteiger partial charge on any atom is -0.394 e. The molecule has 1 unspecified atom stereocenters. The van der Waals surface area contributed by atoms with Crippen LogP contribution in [-0.4, -0.2) is 53.6 Å². The molecular formula is C8H16O5. The number of aliphatic hydroxyl groups excluding tert-OH is 3. The van der Waals surface area contributed by atoms with E-state index in [0.717, 1.165) is 0 Å². The summed E-state index contributed by atoms with van der Waals surface area (Å²) in [6.45, 7) is 1.41. The Balaban J connectivity index is 2.66. The second kappa shape index (κ2) is 4.34. The first-order chi connectivity index (χ1) is 6.11. The van der Waals surface area contributed by atoms with Crippen LogP contribution < -0.4 is 0 Å². The third-order valence-corrected chi connectivity index (χ3v) is 2.46. The molecule has 5 nitrogen and oxygen atoms in total. The molecule has 5 heteroatoms. The Kier molecular flexibility index (Phi) is 3.63. The van der Waals surface area contributed by atoms with E-state index in [1.165, 1.54) is 7.11 Å². The molecule has 1 aliphatic heterocycles. The van der Waals surface area contributed by atoms with Gasteiger partial charge in [-0.2, -0.15) is 0 Å². The van der Waals surface area contributed by atoms with Gasteiger partial charge in [-0.25, -0.2) is 0 Å². The molecule has 1 fully saturated rings. The van der Waals surface area contributed by atoms with E-state index in [1.807, 2.05) is 0 Å². The Morgan fingerprint density at radius 2 is 1.92 bits per heavy atom. The molecule has 3 N–H and O–H groups in total. The van der Waals surface area contributed by atoms with Crippen LogP contribution >= 0.6 is 0 Å². The Hall–Kier alpha value is -0.200. The van der Waals surface area contributed by atoms with E-state index in [0.29, 0.717) is 0 Å². The summed E-state index contributed by atoms with van der Waals surface area (Å²) in [7, 11) is 1.41. The number of aliphatic hydroxyl groups is 3. The molecule has 0 radical (unpaired) electrons. The second-order valence-electron chi connectivity index (χ2n) is 3.30. The molecule has 0 spiro atoms. The Bertz CT molecular complexity index is 143. The van der Waals surface area contributed by atoms with Crippen LogP contribution in [0.2, 0.25) is 0 Å². The minimum absolute atomic E-state index is 0.280. The zero-order valence-electron chi connectivity index (χ0n) is 7.75. The smallest absolute Gasteiger partial charge is 0.183 e. The molecule has 1 saturated heterocycles. The van der Waals surface area contributed by atoms with Crippen LogP contribution in [0.15, 0.2) is 0 Å². The first-order valence-electron chi connectivity index (χ1n) is 4.27. The fourth-order valence-corrected chi connectivity index (χ4v) is 1.47. The lowest BCUT2D eigenvalue weighted by atomic mass is 9.91. The number of hydrogen-bond acceptors (Lipinski definition) is 5. The molecule has 0 aromatic rings. The van der Waals surface area contributed by atoms with Crippen molar-refractivity contribution >= 4 is 0 Å². The first kappa shape index (κ1) is 10.9. The summed E-state index contributed by atoms with van der Waals surface area (Å²) in [6.07, 6.45) is -3.16. The Morgan fingerprint density at radius 3 is 2.38 bits per heavy atom. The molecule has 0 aromatic heterocycles. The average Bonchev–Trinajstić information content (AvgIpc) is 2.15. The van der Waals surface area contributed by atoms with E-state index in [-0.39, 0.29) is 12.5 Å². The van der Waals surface area contributed by atoms with E-state index in [9.17, 15) is 10.2 Å². The summed E-state index contributed by atoms with van der Waals surface area (Å²) in [5.41, 5.74) is 0. The molecule has 1 aliphatic rings. The lowest BCUT2D eigenvalue weighted by Gasteiger charge is -2.40. The molecule has 78 valence electrons. The van der Waals surface area contributed by atoms with Gasteiger partial charge < -0.3 is 24.8 Å². The summed E-state index contributed by atoms with van der Waals surface area (Å²) < 4.78 is 9.97. The standard InChI is InChI=1S/C8H16O5/c1-4-6(10)5(3-9)13-8(12-2)7(4)11/h4-11H,3H2,1-2H3/t4?,5-,6+,7-,8-/m1/s1. The van der Waals surface area contributed by atoms with Gasteiger partial charge in [-0.3, -0.25) is 0 Å². The summed E-state index contributed by atoms with van der Waals surface area (Å²) in [6, 6.07) is 0. The Morgan fingerprint density at radius 1 is 1.31 bits per heavy atom. The predicted molar refractivity (Wildman–Crippen MR) is 43.9 cm³/mol. The SMILES string of the molecule is CO[C@@H]1O[C@H](CO)[C@@H](O)C(C)[C@H]1O. The third kappa shape index (κ3) is 2.00. The predicted octanol–water partition coefficient (Wildman–Crippen LogP) is -1.29. The molecule has 0 aromatic carbocycles. The van der Waals surface area contributed by atoms with Crippen LogP contribution in [-0.2, 0) is 9.47 Å². The van der Waals surface area contributed by atoms with Gasteiger partial charge in [0.2, 0.25) is 0 Å². The van der Waals surface area contributed by atoms with Gasteiger partial charge in [-0.1, -0.05) is 6.92 Å². The first-order valence-corrected chi connectivity index (χ1v) is 4.27. The third-order valence-electron chi connectivity index (χ3n) is 2.46. The summed E-state index contributed by atoms with van der Waals surface area (Å²) >= 11 is 0. The number of methoxy groups -OCH3 is 1. The molecule has 13 heavy (non-hydrogen) atoms. The van der Waals surface area contributed by atoms with Crippen molar-refractivity contribution in [1.29, 1.82) is 0 Å². The zero-order valence-corrected chi connectivity index (χ0v) is 7.75. The van der Waals surface area contributed by atoms with Crippen molar-refractivity contribution in [2.75, 3.05) is 13.7 Å². The monoisotopic (exact) mass is 192 g/mol. The summed E-state index contributed by atoms with van der Waals surface area (Å²) in [4.78, 5) is 0. The molecule has 0 saturated carbocycles. The van der Waals surface area contributed by atoms with E-state index in [4.69, 9.17) is 14.6 Å². The maximum atomic E-state index is 9.53. The highest BCUT2D eigenvalue weighted by molar-refractivity contribution is 4.86. The molecule has 0 amide bonds. The van der Waals surface area contributed by atoms with Crippen LogP contribution in [0.3, 0.4) is 0 Å². The fourth-order valence-electron chi connectivity index (χ4n) is 1.47. The van der Waals surface area contributed by atoms with Gasteiger partial charge in [-0.05, 0) is 0 Å². The molecule has 0 bridgehead atoms. The van der Waals surface area contributed by atoms with Gasteiger partial charge in [0.05, 0.1) is 12.7 Å². The summed E-state index contributed by atoms with van der Waals surface area (Å²) in [5, 5.41) is 27.9. The van der Waals surface area contributed by atoms with Crippen molar-refractivity contribution in [2.45, 2.75) is 31.5 Å². The Labute approximate surface area is 76.9 Å².